The van der Waals surface area contributed by atoms with Gasteiger partial charge < -0.3 is 15.5 Å². The zero-order valence-corrected chi connectivity index (χ0v) is 15.6. The molecule has 0 aliphatic rings. The summed E-state index contributed by atoms with van der Waals surface area (Å²) in [5.74, 6) is -0.299. The number of amides is 1. The lowest BCUT2D eigenvalue weighted by Gasteiger charge is -2.13. The maximum Gasteiger partial charge on any atom is 0.255 e. The van der Waals surface area contributed by atoms with Gasteiger partial charge in [-0.25, -0.2) is 9.37 Å². The number of nitrogens with one attached hydrogen (secondary N) is 2. The first-order valence-electron chi connectivity index (χ1n) is 8.19. The highest BCUT2D eigenvalue weighted by molar-refractivity contribution is 6.31. The smallest absolute Gasteiger partial charge is 0.255 e. The average molecular weight is 385 g/mol. The fourth-order valence-corrected chi connectivity index (χ4v) is 2.59. The van der Waals surface area contributed by atoms with Crippen molar-refractivity contribution >= 4 is 40.4 Å². The number of carbonyl (C=O) groups excluding carboxylic acids is 1. The van der Waals surface area contributed by atoms with Crippen LogP contribution in [0.25, 0.3) is 0 Å². The van der Waals surface area contributed by atoms with E-state index in [0.29, 0.717) is 22.8 Å². The van der Waals surface area contributed by atoms with Gasteiger partial charge in [-0.15, -0.1) is 0 Å². The van der Waals surface area contributed by atoms with E-state index >= 15 is 0 Å². The van der Waals surface area contributed by atoms with E-state index in [9.17, 15) is 9.18 Å². The van der Waals surface area contributed by atoms with Gasteiger partial charge in [-0.3, -0.25) is 4.79 Å². The number of pyridine rings is 1. The van der Waals surface area contributed by atoms with Gasteiger partial charge in [0.1, 0.15) is 11.6 Å². The molecule has 0 aliphatic carbocycles. The van der Waals surface area contributed by atoms with Crippen molar-refractivity contribution in [3.63, 3.8) is 0 Å². The fraction of sp³-hybridized carbons (Fsp3) is 0.100. The number of hydrogen-bond donors (Lipinski definition) is 2. The Labute approximate surface area is 161 Å². The molecule has 0 saturated carbocycles. The molecule has 1 aromatic heterocycles. The molecule has 5 nitrogen and oxygen atoms in total. The molecule has 0 radical (unpaired) electrons. The van der Waals surface area contributed by atoms with Gasteiger partial charge in [0.15, 0.2) is 0 Å². The number of nitrogens with zero attached hydrogens (tertiary/aromatic N) is 2. The Balaban J connectivity index is 1.72. The van der Waals surface area contributed by atoms with Gasteiger partial charge in [-0.2, -0.15) is 0 Å². The summed E-state index contributed by atoms with van der Waals surface area (Å²) in [4.78, 5) is 18.6. The standard InChI is InChI=1S/C20H18ClFN4O/c1-26(2)16-6-3-14(4-7-16)25-20(27)13-9-10-23-19(11-13)24-15-5-8-18(22)17(21)12-15/h3-12H,1-2H3,(H,23,24)(H,25,27). The number of anilines is 4. The Bertz CT molecular complexity index is 960. The second-order valence-corrected chi connectivity index (χ2v) is 6.49. The zero-order valence-electron chi connectivity index (χ0n) is 14.8. The van der Waals surface area contributed by atoms with Crippen LogP contribution < -0.4 is 15.5 Å². The van der Waals surface area contributed by atoms with Crippen LogP contribution in [0, 0.1) is 5.82 Å². The van der Waals surface area contributed by atoms with Crippen LogP contribution in [0.4, 0.5) is 27.3 Å². The summed E-state index contributed by atoms with van der Waals surface area (Å²) in [5.41, 5.74) is 2.76. The molecule has 0 fully saturated rings. The molecule has 0 atom stereocenters. The molecule has 7 heteroatoms. The van der Waals surface area contributed by atoms with E-state index in [1.165, 1.54) is 18.3 Å². The monoisotopic (exact) mass is 384 g/mol. The average Bonchev–Trinajstić information content (AvgIpc) is 2.65. The van der Waals surface area contributed by atoms with Crippen LogP contribution in [0.2, 0.25) is 5.02 Å². The zero-order chi connectivity index (χ0) is 19.4. The predicted molar refractivity (Wildman–Crippen MR) is 108 cm³/mol. The minimum absolute atomic E-state index is 0.00932. The summed E-state index contributed by atoms with van der Waals surface area (Å²) < 4.78 is 13.3. The minimum Gasteiger partial charge on any atom is -0.378 e. The van der Waals surface area contributed by atoms with Gasteiger partial charge in [0.25, 0.3) is 5.91 Å². The molecule has 2 aromatic carbocycles. The quantitative estimate of drug-likeness (QED) is 0.654. The molecule has 3 aromatic rings. The maximum atomic E-state index is 13.3. The molecule has 3 rings (SSSR count). The Morgan fingerprint density at radius 2 is 1.74 bits per heavy atom. The van der Waals surface area contributed by atoms with Gasteiger partial charge in [-0.05, 0) is 54.6 Å². The van der Waals surface area contributed by atoms with E-state index in [0.717, 1.165) is 5.69 Å². The van der Waals surface area contributed by atoms with Crippen LogP contribution in [0.5, 0.6) is 0 Å². The fourth-order valence-electron chi connectivity index (χ4n) is 2.41. The van der Waals surface area contributed by atoms with Crippen molar-refractivity contribution in [3.05, 3.63) is 77.2 Å². The molecule has 0 saturated heterocycles. The maximum absolute atomic E-state index is 13.3. The third-order valence-electron chi connectivity index (χ3n) is 3.86. The largest absolute Gasteiger partial charge is 0.378 e. The molecular weight excluding hydrogens is 367 g/mol. The lowest BCUT2D eigenvalue weighted by molar-refractivity contribution is 0.102. The van der Waals surface area contributed by atoms with Gasteiger partial charge in [0.2, 0.25) is 0 Å². The molecule has 1 heterocycles. The molecule has 2 N–H and O–H groups in total. The summed E-state index contributed by atoms with van der Waals surface area (Å²) in [5, 5.41) is 5.86. The van der Waals surface area contributed by atoms with E-state index in [2.05, 4.69) is 15.6 Å². The van der Waals surface area contributed by atoms with Crippen molar-refractivity contribution < 1.29 is 9.18 Å². The van der Waals surface area contributed by atoms with Gasteiger partial charge in [0, 0.05) is 42.9 Å². The van der Waals surface area contributed by atoms with Crippen LogP contribution in [0.3, 0.4) is 0 Å². The Morgan fingerprint density at radius 3 is 2.41 bits per heavy atom. The highest BCUT2D eigenvalue weighted by Gasteiger charge is 2.09. The van der Waals surface area contributed by atoms with Crippen molar-refractivity contribution in [1.82, 2.24) is 4.98 Å². The van der Waals surface area contributed by atoms with Crippen LogP contribution in [0.15, 0.2) is 60.8 Å². The summed E-state index contributed by atoms with van der Waals surface area (Å²) in [6.45, 7) is 0. The number of hydrogen-bond acceptors (Lipinski definition) is 4. The van der Waals surface area contributed by atoms with Gasteiger partial charge >= 0.3 is 0 Å². The van der Waals surface area contributed by atoms with E-state index < -0.39 is 5.82 Å². The van der Waals surface area contributed by atoms with Crippen molar-refractivity contribution in [3.8, 4) is 0 Å². The number of aromatic nitrogens is 1. The van der Waals surface area contributed by atoms with E-state index in [1.54, 1.807) is 18.2 Å². The molecular formula is C20H18ClFN4O. The number of halogens is 2. The van der Waals surface area contributed by atoms with Crippen LogP contribution in [-0.4, -0.2) is 25.0 Å². The first-order valence-corrected chi connectivity index (χ1v) is 8.57. The van der Waals surface area contributed by atoms with Crippen molar-refractivity contribution in [2.75, 3.05) is 29.6 Å². The molecule has 0 unspecified atom stereocenters. The SMILES string of the molecule is CN(C)c1ccc(NC(=O)c2ccnc(Nc3ccc(F)c(Cl)c3)c2)cc1. The summed E-state index contributed by atoms with van der Waals surface area (Å²) >= 11 is 5.78. The Kier molecular flexibility index (Phi) is 5.57. The van der Waals surface area contributed by atoms with E-state index in [-0.39, 0.29) is 10.9 Å². The first-order chi connectivity index (χ1) is 12.9. The third-order valence-corrected chi connectivity index (χ3v) is 4.15. The second-order valence-electron chi connectivity index (χ2n) is 6.08. The van der Waals surface area contributed by atoms with Crippen molar-refractivity contribution in [2.24, 2.45) is 0 Å². The van der Waals surface area contributed by atoms with Crippen LogP contribution in [-0.2, 0) is 0 Å². The second kappa shape index (κ2) is 8.05. The summed E-state index contributed by atoms with van der Waals surface area (Å²) in [6.07, 6.45) is 1.53. The lowest BCUT2D eigenvalue weighted by Crippen LogP contribution is -2.13. The summed E-state index contributed by atoms with van der Waals surface area (Å²) in [7, 11) is 3.90. The van der Waals surface area contributed by atoms with Crippen molar-refractivity contribution in [2.45, 2.75) is 0 Å². The van der Waals surface area contributed by atoms with Gasteiger partial charge in [-0.1, -0.05) is 11.6 Å². The topological polar surface area (TPSA) is 57.3 Å². The molecule has 0 aliphatic heterocycles. The Morgan fingerprint density at radius 1 is 1.04 bits per heavy atom. The molecule has 0 spiro atoms. The number of carbonyl (C=O) groups is 1. The number of rotatable bonds is 5. The highest BCUT2D eigenvalue weighted by atomic mass is 35.5. The minimum atomic E-state index is -0.497. The third kappa shape index (κ3) is 4.74. The predicted octanol–water partition coefficient (Wildman–Crippen LogP) is 4.94. The van der Waals surface area contributed by atoms with Crippen LogP contribution >= 0.6 is 11.6 Å². The van der Waals surface area contributed by atoms with Crippen molar-refractivity contribution in [1.29, 1.82) is 0 Å². The normalized spacial score (nSPS) is 10.4. The molecule has 138 valence electrons. The molecule has 1 amide bonds. The lowest BCUT2D eigenvalue weighted by atomic mass is 10.2. The summed E-state index contributed by atoms with van der Waals surface area (Å²) in [6, 6.07) is 15.0. The van der Waals surface area contributed by atoms with Crippen LogP contribution in [0.1, 0.15) is 10.4 Å². The first kappa shape index (κ1) is 18.7. The molecule has 0 bridgehead atoms. The highest BCUT2D eigenvalue weighted by Crippen LogP contribution is 2.22. The Hall–Kier alpha value is -3.12. The number of benzene rings is 2. The van der Waals surface area contributed by atoms with Gasteiger partial charge in [0.05, 0.1) is 5.02 Å². The van der Waals surface area contributed by atoms with E-state index in [4.69, 9.17) is 11.6 Å². The molecule has 27 heavy (non-hydrogen) atoms. The van der Waals surface area contributed by atoms with E-state index in [1.807, 2.05) is 43.3 Å².